The summed E-state index contributed by atoms with van der Waals surface area (Å²) in [5.74, 6) is 0. The first-order valence-electron chi connectivity index (χ1n) is 9.87. The van der Waals surface area contributed by atoms with Crippen LogP contribution in [0.4, 0.5) is 0 Å². The molecule has 0 aliphatic heterocycles. The van der Waals surface area contributed by atoms with E-state index in [9.17, 15) is 15.3 Å². The summed E-state index contributed by atoms with van der Waals surface area (Å²) >= 11 is 0. The molecular formula is C22H33NO5. The Balaban J connectivity index is 1.84. The molecule has 0 aliphatic carbocycles. The van der Waals surface area contributed by atoms with Gasteiger partial charge in [-0.15, -0.1) is 0 Å². The quantitative estimate of drug-likeness (QED) is 0.410. The predicted octanol–water partition coefficient (Wildman–Crippen LogP) is 1.19. The molecule has 2 aromatic rings. The van der Waals surface area contributed by atoms with Crippen LogP contribution in [0.1, 0.15) is 18.4 Å². The summed E-state index contributed by atoms with van der Waals surface area (Å²) in [6.45, 7) is 1.91. The molecule has 0 aromatic heterocycles. The van der Waals surface area contributed by atoms with Crippen LogP contribution in [0.5, 0.6) is 0 Å². The van der Waals surface area contributed by atoms with E-state index in [2.05, 4.69) is 35.2 Å². The van der Waals surface area contributed by atoms with Gasteiger partial charge < -0.3 is 25.2 Å². The second kappa shape index (κ2) is 12.1. The summed E-state index contributed by atoms with van der Waals surface area (Å²) in [6, 6.07) is 14.8. The lowest BCUT2D eigenvalue weighted by Gasteiger charge is -2.26. The fourth-order valence-electron chi connectivity index (χ4n) is 3.35. The minimum Gasteiger partial charge on any atom is -0.394 e. The lowest BCUT2D eigenvalue weighted by molar-refractivity contribution is -0.0411. The molecule has 4 N–H and O–H groups in total. The van der Waals surface area contributed by atoms with Gasteiger partial charge in [0.15, 0.2) is 0 Å². The molecule has 2 rings (SSSR count). The molecule has 2 aromatic carbocycles. The lowest BCUT2D eigenvalue weighted by Crippen LogP contribution is -2.40. The van der Waals surface area contributed by atoms with Crippen molar-refractivity contribution in [1.82, 2.24) is 4.90 Å². The van der Waals surface area contributed by atoms with Gasteiger partial charge >= 0.3 is 0 Å². The van der Waals surface area contributed by atoms with Crippen molar-refractivity contribution >= 4 is 10.8 Å². The number of methoxy groups -OCH3 is 1. The van der Waals surface area contributed by atoms with Crippen LogP contribution in [-0.4, -0.2) is 83.6 Å². The van der Waals surface area contributed by atoms with E-state index < -0.39 is 24.9 Å². The second-order valence-corrected chi connectivity index (χ2v) is 7.29. The van der Waals surface area contributed by atoms with Crippen molar-refractivity contribution in [3.63, 3.8) is 0 Å². The number of ether oxygens (including phenoxy) is 1. The standard InChI is InChI=1S/C22H33NO5/c1-28-12-11-23(15-20(25)14-21(26)22(27)16-24)10-4-5-17-8-9-18-6-2-3-7-19(18)13-17/h2-3,6-9,13,20-22,24-27H,4-5,10-12,14-16H2,1H3/t20-,21+,22-/m1/s1. The van der Waals surface area contributed by atoms with Crippen LogP contribution in [0.2, 0.25) is 0 Å². The Morgan fingerprint density at radius 2 is 1.71 bits per heavy atom. The van der Waals surface area contributed by atoms with Gasteiger partial charge in [0.05, 0.1) is 25.4 Å². The van der Waals surface area contributed by atoms with Gasteiger partial charge in [-0.05, 0) is 35.7 Å². The molecule has 3 atom stereocenters. The molecule has 0 heterocycles. The Hall–Kier alpha value is -1.54. The molecule has 0 amide bonds. The molecule has 0 aliphatic rings. The Morgan fingerprint density at radius 1 is 0.964 bits per heavy atom. The molecule has 0 saturated heterocycles. The normalized spacial score (nSPS) is 15.1. The van der Waals surface area contributed by atoms with Gasteiger partial charge in [0, 0.05) is 26.6 Å². The van der Waals surface area contributed by atoms with Crippen molar-refractivity contribution in [2.75, 3.05) is 40.0 Å². The van der Waals surface area contributed by atoms with E-state index in [4.69, 9.17) is 9.84 Å². The van der Waals surface area contributed by atoms with Crippen molar-refractivity contribution in [3.8, 4) is 0 Å². The van der Waals surface area contributed by atoms with E-state index in [-0.39, 0.29) is 6.42 Å². The number of nitrogens with zero attached hydrogens (tertiary/aromatic N) is 1. The van der Waals surface area contributed by atoms with Gasteiger partial charge in [0.2, 0.25) is 0 Å². The van der Waals surface area contributed by atoms with Gasteiger partial charge in [0.1, 0.15) is 6.10 Å². The average Bonchev–Trinajstić information content (AvgIpc) is 2.70. The van der Waals surface area contributed by atoms with Crippen molar-refractivity contribution in [2.24, 2.45) is 0 Å². The largest absolute Gasteiger partial charge is 0.394 e. The van der Waals surface area contributed by atoms with Crippen LogP contribution in [0.25, 0.3) is 10.8 Å². The number of benzene rings is 2. The van der Waals surface area contributed by atoms with Crippen LogP contribution in [0.3, 0.4) is 0 Å². The lowest BCUT2D eigenvalue weighted by atomic mass is 10.0. The van der Waals surface area contributed by atoms with Crippen molar-refractivity contribution in [3.05, 3.63) is 48.0 Å². The van der Waals surface area contributed by atoms with E-state index in [1.54, 1.807) is 7.11 Å². The van der Waals surface area contributed by atoms with E-state index in [0.29, 0.717) is 19.7 Å². The third kappa shape index (κ3) is 7.47. The number of hydrogen-bond donors (Lipinski definition) is 4. The molecular weight excluding hydrogens is 358 g/mol. The third-order valence-electron chi connectivity index (χ3n) is 4.98. The van der Waals surface area contributed by atoms with Crippen molar-refractivity contribution < 1.29 is 25.2 Å². The fourth-order valence-corrected chi connectivity index (χ4v) is 3.35. The van der Waals surface area contributed by atoms with Crippen LogP contribution in [-0.2, 0) is 11.2 Å². The maximum Gasteiger partial charge on any atom is 0.103 e. The predicted molar refractivity (Wildman–Crippen MR) is 110 cm³/mol. The Bertz CT molecular complexity index is 695. The van der Waals surface area contributed by atoms with Crippen molar-refractivity contribution in [1.29, 1.82) is 0 Å². The second-order valence-electron chi connectivity index (χ2n) is 7.29. The third-order valence-corrected chi connectivity index (χ3v) is 4.98. The van der Waals surface area contributed by atoms with Gasteiger partial charge in [-0.1, -0.05) is 42.5 Å². The molecule has 0 bridgehead atoms. The first kappa shape index (κ1) is 22.7. The van der Waals surface area contributed by atoms with Crippen LogP contribution < -0.4 is 0 Å². The number of aliphatic hydroxyl groups is 4. The van der Waals surface area contributed by atoms with E-state index in [1.165, 1.54) is 16.3 Å². The van der Waals surface area contributed by atoms with Crippen LogP contribution in [0, 0.1) is 0 Å². The summed E-state index contributed by atoms with van der Waals surface area (Å²) in [5.41, 5.74) is 1.28. The van der Waals surface area contributed by atoms with Gasteiger partial charge in [0.25, 0.3) is 0 Å². The SMILES string of the molecule is COCCN(CCCc1ccc2ccccc2c1)C[C@H](O)C[C@H](O)[C@H](O)CO. The number of aryl methyl sites for hydroxylation is 1. The summed E-state index contributed by atoms with van der Waals surface area (Å²) < 4.78 is 5.16. The highest BCUT2D eigenvalue weighted by Gasteiger charge is 2.21. The molecule has 0 radical (unpaired) electrons. The van der Waals surface area contributed by atoms with E-state index in [0.717, 1.165) is 19.4 Å². The highest BCUT2D eigenvalue weighted by molar-refractivity contribution is 5.82. The molecule has 6 heteroatoms. The maximum atomic E-state index is 10.2. The highest BCUT2D eigenvalue weighted by atomic mass is 16.5. The zero-order chi connectivity index (χ0) is 20.4. The van der Waals surface area contributed by atoms with Gasteiger partial charge in [-0.25, -0.2) is 0 Å². The van der Waals surface area contributed by atoms with Gasteiger partial charge in [-0.3, -0.25) is 4.90 Å². The topological polar surface area (TPSA) is 93.4 Å². The zero-order valence-electron chi connectivity index (χ0n) is 16.6. The molecule has 0 fully saturated rings. The Morgan fingerprint density at radius 3 is 2.43 bits per heavy atom. The zero-order valence-corrected chi connectivity index (χ0v) is 16.6. The fraction of sp³-hybridized carbons (Fsp3) is 0.545. The first-order valence-corrected chi connectivity index (χ1v) is 9.87. The highest BCUT2D eigenvalue weighted by Crippen LogP contribution is 2.17. The number of rotatable bonds is 13. The Labute approximate surface area is 167 Å². The minimum atomic E-state index is -1.23. The molecule has 0 unspecified atom stereocenters. The summed E-state index contributed by atoms with van der Waals surface area (Å²) in [4.78, 5) is 2.10. The maximum absolute atomic E-state index is 10.2. The summed E-state index contributed by atoms with van der Waals surface area (Å²) in [7, 11) is 1.64. The summed E-state index contributed by atoms with van der Waals surface area (Å²) in [6.07, 6.45) is -1.24. The average molecular weight is 392 g/mol. The monoisotopic (exact) mass is 391 g/mol. The first-order chi connectivity index (χ1) is 13.5. The number of hydrogen-bond acceptors (Lipinski definition) is 6. The van der Waals surface area contributed by atoms with E-state index >= 15 is 0 Å². The number of fused-ring (bicyclic) bond motifs is 1. The smallest absolute Gasteiger partial charge is 0.103 e. The minimum absolute atomic E-state index is 0.0237. The molecule has 0 saturated carbocycles. The van der Waals surface area contributed by atoms with Crippen LogP contribution >= 0.6 is 0 Å². The molecule has 156 valence electrons. The summed E-state index contributed by atoms with van der Waals surface area (Å²) in [5, 5.41) is 40.8. The molecule has 6 nitrogen and oxygen atoms in total. The van der Waals surface area contributed by atoms with Gasteiger partial charge in [-0.2, -0.15) is 0 Å². The van der Waals surface area contributed by atoms with Crippen molar-refractivity contribution in [2.45, 2.75) is 37.6 Å². The number of aliphatic hydroxyl groups excluding tert-OH is 4. The van der Waals surface area contributed by atoms with Crippen LogP contribution in [0.15, 0.2) is 42.5 Å². The van der Waals surface area contributed by atoms with E-state index in [1.807, 2.05) is 12.1 Å². The molecule has 0 spiro atoms. The Kier molecular flexibility index (Phi) is 9.84. The molecule has 28 heavy (non-hydrogen) atoms.